The standard InChI is InChI=1S/C11H9N3S/c12-9(8-4-2-1-3-5-8)10(13)11-14-6-7-15-11/h1-7,12-13H. The lowest BCUT2D eigenvalue weighted by Gasteiger charge is -2.02. The summed E-state index contributed by atoms with van der Waals surface area (Å²) in [5.74, 6) is 0. The summed E-state index contributed by atoms with van der Waals surface area (Å²) >= 11 is 1.38. The van der Waals surface area contributed by atoms with Gasteiger partial charge in [0.15, 0.2) is 0 Å². The molecule has 74 valence electrons. The zero-order valence-electron chi connectivity index (χ0n) is 7.90. The highest BCUT2D eigenvalue weighted by molar-refractivity contribution is 7.12. The van der Waals surface area contributed by atoms with Crippen molar-refractivity contribution in [3.05, 3.63) is 52.5 Å². The van der Waals surface area contributed by atoms with Crippen LogP contribution in [0.25, 0.3) is 0 Å². The van der Waals surface area contributed by atoms with Crippen LogP contribution in [0.5, 0.6) is 0 Å². The molecule has 0 aliphatic carbocycles. The van der Waals surface area contributed by atoms with Crippen LogP contribution in [0, 0.1) is 10.8 Å². The predicted octanol–water partition coefficient (Wildman–Crippen LogP) is 2.58. The number of aromatic nitrogens is 1. The minimum atomic E-state index is 0.177. The molecule has 15 heavy (non-hydrogen) atoms. The van der Waals surface area contributed by atoms with E-state index in [2.05, 4.69) is 4.98 Å². The largest absolute Gasteiger partial charge is 0.298 e. The molecule has 0 saturated heterocycles. The van der Waals surface area contributed by atoms with Gasteiger partial charge in [-0.05, 0) is 0 Å². The molecule has 0 unspecified atom stereocenters. The van der Waals surface area contributed by atoms with Gasteiger partial charge < -0.3 is 0 Å². The molecule has 0 bridgehead atoms. The second-order valence-electron chi connectivity index (χ2n) is 2.95. The first-order valence-electron chi connectivity index (χ1n) is 4.42. The van der Waals surface area contributed by atoms with Crippen LogP contribution >= 0.6 is 11.3 Å². The van der Waals surface area contributed by atoms with Crippen molar-refractivity contribution in [3.63, 3.8) is 0 Å². The predicted molar refractivity (Wildman–Crippen MR) is 62.2 cm³/mol. The maximum atomic E-state index is 7.85. The van der Waals surface area contributed by atoms with Crippen LogP contribution in [0.1, 0.15) is 10.6 Å². The van der Waals surface area contributed by atoms with Gasteiger partial charge in [-0.25, -0.2) is 4.98 Å². The lowest BCUT2D eigenvalue weighted by molar-refractivity contribution is 1.36. The van der Waals surface area contributed by atoms with Gasteiger partial charge in [0.1, 0.15) is 10.7 Å². The first-order chi connectivity index (χ1) is 7.29. The molecule has 2 rings (SSSR count). The third kappa shape index (κ3) is 1.99. The minimum absolute atomic E-state index is 0.177. The van der Waals surface area contributed by atoms with Crippen LogP contribution in [-0.4, -0.2) is 16.4 Å². The molecule has 0 saturated carbocycles. The maximum Gasteiger partial charge on any atom is 0.143 e. The van der Waals surface area contributed by atoms with Crippen LogP contribution in [0.3, 0.4) is 0 Å². The number of rotatable bonds is 3. The van der Waals surface area contributed by atoms with E-state index in [0.29, 0.717) is 5.01 Å². The topological polar surface area (TPSA) is 60.6 Å². The van der Waals surface area contributed by atoms with Crippen molar-refractivity contribution in [2.75, 3.05) is 0 Å². The Labute approximate surface area is 91.4 Å². The molecule has 0 radical (unpaired) electrons. The molecule has 1 heterocycles. The molecule has 1 aromatic heterocycles. The van der Waals surface area contributed by atoms with Crippen molar-refractivity contribution in [1.82, 2.24) is 4.98 Å². The van der Waals surface area contributed by atoms with Crippen molar-refractivity contribution >= 4 is 22.8 Å². The zero-order valence-corrected chi connectivity index (χ0v) is 8.71. The number of hydrogen-bond donors (Lipinski definition) is 2. The molecule has 0 fully saturated rings. The quantitative estimate of drug-likeness (QED) is 0.759. The minimum Gasteiger partial charge on any atom is -0.298 e. The molecule has 2 aromatic rings. The molecule has 3 nitrogen and oxygen atoms in total. The number of hydrogen-bond acceptors (Lipinski definition) is 4. The summed E-state index contributed by atoms with van der Waals surface area (Å²) in [6, 6.07) is 9.26. The van der Waals surface area contributed by atoms with Gasteiger partial charge in [-0.2, -0.15) is 0 Å². The van der Waals surface area contributed by atoms with Crippen LogP contribution in [0.4, 0.5) is 0 Å². The van der Waals surface area contributed by atoms with Crippen molar-refractivity contribution in [1.29, 1.82) is 10.8 Å². The zero-order chi connectivity index (χ0) is 10.7. The lowest BCUT2D eigenvalue weighted by Crippen LogP contribution is -2.14. The highest BCUT2D eigenvalue weighted by Crippen LogP contribution is 2.09. The van der Waals surface area contributed by atoms with Gasteiger partial charge in [-0.3, -0.25) is 10.8 Å². The van der Waals surface area contributed by atoms with Crippen molar-refractivity contribution in [2.24, 2.45) is 0 Å². The third-order valence-electron chi connectivity index (χ3n) is 1.96. The van der Waals surface area contributed by atoms with Gasteiger partial charge in [-0.15, -0.1) is 11.3 Å². The molecule has 0 aliphatic heterocycles. The molecule has 2 N–H and O–H groups in total. The molecule has 0 aliphatic rings. The Morgan fingerprint density at radius 2 is 1.80 bits per heavy atom. The summed E-state index contributed by atoms with van der Waals surface area (Å²) < 4.78 is 0. The van der Waals surface area contributed by atoms with Crippen LogP contribution in [-0.2, 0) is 0 Å². The highest BCUT2D eigenvalue weighted by atomic mass is 32.1. The average molecular weight is 215 g/mol. The summed E-state index contributed by atoms with van der Waals surface area (Å²) in [5, 5.41) is 18.1. The van der Waals surface area contributed by atoms with E-state index < -0.39 is 0 Å². The summed E-state index contributed by atoms with van der Waals surface area (Å²) in [6.45, 7) is 0. The normalized spacial score (nSPS) is 9.87. The van der Waals surface area contributed by atoms with Crippen molar-refractivity contribution < 1.29 is 0 Å². The molecule has 1 aromatic carbocycles. The van der Waals surface area contributed by atoms with E-state index in [0.717, 1.165) is 5.56 Å². The first kappa shape index (κ1) is 9.73. The first-order valence-corrected chi connectivity index (χ1v) is 5.30. The summed E-state index contributed by atoms with van der Waals surface area (Å²) in [5.41, 5.74) is 1.14. The molecule has 4 heteroatoms. The lowest BCUT2D eigenvalue weighted by atomic mass is 10.1. The Bertz CT molecular complexity index is 474. The Hall–Kier alpha value is -1.81. The number of thiazole rings is 1. The van der Waals surface area contributed by atoms with E-state index in [4.69, 9.17) is 10.8 Å². The Morgan fingerprint density at radius 1 is 1.07 bits per heavy atom. The third-order valence-corrected chi connectivity index (χ3v) is 2.75. The van der Waals surface area contributed by atoms with E-state index in [1.54, 1.807) is 6.20 Å². The van der Waals surface area contributed by atoms with Crippen molar-refractivity contribution in [2.45, 2.75) is 0 Å². The van der Waals surface area contributed by atoms with E-state index >= 15 is 0 Å². The maximum absolute atomic E-state index is 7.85. The molecular formula is C11H9N3S. The second-order valence-corrected chi connectivity index (χ2v) is 3.85. The summed E-state index contributed by atoms with van der Waals surface area (Å²) in [6.07, 6.45) is 1.65. The van der Waals surface area contributed by atoms with Crippen LogP contribution in [0.15, 0.2) is 41.9 Å². The fraction of sp³-hybridized carbons (Fsp3) is 0. The average Bonchev–Trinajstić information content (AvgIpc) is 2.82. The summed E-state index contributed by atoms with van der Waals surface area (Å²) in [4.78, 5) is 4.02. The van der Waals surface area contributed by atoms with Gasteiger partial charge in [0, 0.05) is 17.1 Å². The van der Waals surface area contributed by atoms with Gasteiger partial charge in [0.05, 0.1) is 5.71 Å². The van der Waals surface area contributed by atoms with E-state index in [1.165, 1.54) is 11.3 Å². The number of nitrogens with one attached hydrogen (secondary N) is 2. The Morgan fingerprint density at radius 3 is 2.40 bits per heavy atom. The number of nitrogens with zero attached hydrogens (tertiary/aromatic N) is 1. The summed E-state index contributed by atoms with van der Waals surface area (Å²) in [7, 11) is 0. The van der Waals surface area contributed by atoms with Crippen LogP contribution in [0.2, 0.25) is 0 Å². The smallest absolute Gasteiger partial charge is 0.143 e. The molecule has 0 amide bonds. The second kappa shape index (κ2) is 4.14. The van der Waals surface area contributed by atoms with Gasteiger partial charge in [0.2, 0.25) is 0 Å². The van der Waals surface area contributed by atoms with Gasteiger partial charge in [-0.1, -0.05) is 30.3 Å². The fourth-order valence-corrected chi connectivity index (χ4v) is 1.80. The number of benzene rings is 1. The highest BCUT2D eigenvalue weighted by Gasteiger charge is 2.11. The van der Waals surface area contributed by atoms with Crippen LogP contribution < -0.4 is 0 Å². The Balaban J connectivity index is 2.27. The van der Waals surface area contributed by atoms with E-state index in [-0.39, 0.29) is 11.4 Å². The molecular weight excluding hydrogens is 206 g/mol. The van der Waals surface area contributed by atoms with Gasteiger partial charge in [0.25, 0.3) is 0 Å². The molecule has 0 atom stereocenters. The fourth-order valence-electron chi connectivity index (χ4n) is 1.20. The van der Waals surface area contributed by atoms with Gasteiger partial charge >= 0.3 is 0 Å². The van der Waals surface area contributed by atoms with E-state index in [1.807, 2.05) is 35.7 Å². The Kier molecular flexibility index (Phi) is 2.69. The molecule has 0 spiro atoms. The van der Waals surface area contributed by atoms with Crippen molar-refractivity contribution in [3.8, 4) is 0 Å². The van der Waals surface area contributed by atoms with E-state index in [9.17, 15) is 0 Å². The monoisotopic (exact) mass is 215 g/mol. The SMILES string of the molecule is N=C(C(=N)c1nccs1)c1ccccc1.